The minimum atomic E-state index is 0.296. The van der Waals surface area contributed by atoms with Crippen molar-refractivity contribution in [3.05, 3.63) is 22.4 Å². The molecule has 0 fully saturated rings. The van der Waals surface area contributed by atoms with Crippen LogP contribution in [0, 0.1) is 0 Å². The molecule has 1 aromatic heterocycles. The summed E-state index contributed by atoms with van der Waals surface area (Å²) in [4.78, 5) is 14.5. The van der Waals surface area contributed by atoms with Crippen LogP contribution in [0.4, 0.5) is 0 Å². The highest BCUT2D eigenvalue weighted by molar-refractivity contribution is 9.10. The van der Waals surface area contributed by atoms with Gasteiger partial charge in [-0.1, -0.05) is 0 Å². The summed E-state index contributed by atoms with van der Waals surface area (Å²) in [6.07, 6.45) is 2.21. The molecule has 0 N–H and O–H groups in total. The first kappa shape index (κ1) is 11.1. The van der Waals surface area contributed by atoms with E-state index in [1.165, 1.54) is 0 Å². The maximum atomic E-state index is 10.6. The van der Waals surface area contributed by atoms with Crippen LogP contribution < -0.4 is 4.74 Å². The molecule has 0 bridgehead atoms. The van der Waals surface area contributed by atoms with Gasteiger partial charge in [0.25, 0.3) is 0 Å². The van der Waals surface area contributed by atoms with Crippen LogP contribution in [-0.4, -0.2) is 31.6 Å². The minimum Gasteiger partial charge on any atom is -0.489 e. The number of ether oxygens (including phenoxy) is 2. The van der Waals surface area contributed by atoms with Crippen molar-refractivity contribution < 1.29 is 14.3 Å². The van der Waals surface area contributed by atoms with Crippen molar-refractivity contribution in [1.29, 1.82) is 0 Å². The molecule has 0 aromatic carbocycles. The van der Waals surface area contributed by atoms with Gasteiger partial charge in [-0.05, 0) is 22.0 Å². The van der Waals surface area contributed by atoms with Gasteiger partial charge in [-0.15, -0.1) is 0 Å². The highest BCUT2D eigenvalue weighted by Gasteiger charge is 2.04. The van der Waals surface area contributed by atoms with E-state index in [1.807, 2.05) is 0 Å². The smallest absolute Gasteiger partial charge is 0.172 e. The van der Waals surface area contributed by atoms with E-state index in [1.54, 1.807) is 19.4 Å². The van der Waals surface area contributed by atoms with Crippen molar-refractivity contribution in [1.82, 2.24) is 4.98 Å². The van der Waals surface area contributed by atoms with Crippen molar-refractivity contribution in [2.75, 3.05) is 20.3 Å². The van der Waals surface area contributed by atoms with Gasteiger partial charge in [0.05, 0.1) is 6.61 Å². The molecule has 4 nitrogen and oxygen atoms in total. The topological polar surface area (TPSA) is 48.4 Å². The number of nitrogens with zero attached hydrogens (tertiary/aromatic N) is 1. The van der Waals surface area contributed by atoms with E-state index in [-0.39, 0.29) is 0 Å². The summed E-state index contributed by atoms with van der Waals surface area (Å²) in [5.41, 5.74) is 0.296. The maximum Gasteiger partial charge on any atom is 0.172 e. The molecule has 0 radical (unpaired) electrons. The number of aldehydes is 1. The molecule has 1 rings (SSSR count). The fourth-order valence-corrected chi connectivity index (χ4v) is 1.18. The van der Waals surface area contributed by atoms with Crippen molar-refractivity contribution in [3.8, 4) is 5.75 Å². The summed E-state index contributed by atoms with van der Waals surface area (Å²) in [7, 11) is 1.59. The monoisotopic (exact) mass is 259 g/mol. The van der Waals surface area contributed by atoms with Crippen LogP contribution in [0.25, 0.3) is 0 Å². The third-order valence-corrected chi connectivity index (χ3v) is 1.94. The molecule has 76 valence electrons. The maximum absolute atomic E-state index is 10.6. The van der Waals surface area contributed by atoms with Crippen LogP contribution in [0.2, 0.25) is 0 Å². The zero-order valence-electron chi connectivity index (χ0n) is 7.70. The number of hydrogen-bond acceptors (Lipinski definition) is 4. The zero-order chi connectivity index (χ0) is 10.4. The molecule has 14 heavy (non-hydrogen) atoms. The average Bonchev–Trinajstić information content (AvgIpc) is 2.19. The molecule has 0 saturated carbocycles. The predicted octanol–water partition coefficient (Wildman–Crippen LogP) is 1.68. The predicted molar refractivity (Wildman–Crippen MR) is 54.7 cm³/mol. The SMILES string of the molecule is COCCOc1cc(Br)cnc1C=O. The fourth-order valence-electron chi connectivity index (χ4n) is 0.870. The Morgan fingerprint density at radius 3 is 3.00 bits per heavy atom. The van der Waals surface area contributed by atoms with Crippen LogP contribution in [0.15, 0.2) is 16.7 Å². The lowest BCUT2D eigenvalue weighted by atomic mass is 10.3. The van der Waals surface area contributed by atoms with Crippen LogP contribution in [0.1, 0.15) is 10.5 Å². The van der Waals surface area contributed by atoms with Crippen LogP contribution >= 0.6 is 15.9 Å². The third-order valence-electron chi connectivity index (χ3n) is 1.51. The molecule has 0 saturated heterocycles. The molecule has 0 aliphatic heterocycles. The zero-order valence-corrected chi connectivity index (χ0v) is 9.28. The van der Waals surface area contributed by atoms with Crippen LogP contribution in [0.5, 0.6) is 5.75 Å². The molecule has 0 unspecified atom stereocenters. The number of carbonyl (C=O) groups is 1. The minimum absolute atomic E-state index is 0.296. The quantitative estimate of drug-likeness (QED) is 0.597. The number of carbonyl (C=O) groups excluding carboxylic acids is 1. The second-order valence-corrected chi connectivity index (χ2v) is 3.41. The van der Waals surface area contributed by atoms with E-state index in [2.05, 4.69) is 20.9 Å². The average molecular weight is 260 g/mol. The molecule has 0 amide bonds. The summed E-state index contributed by atoms with van der Waals surface area (Å²) >= 11 is 3.24. The molecular formula is C9H10BrNO3. The Morgan fingerprint density at radius 2 is 2.36 bits per heavy atom. The fraction of sp³-hybridized carbons (Fsp3) is 0.333. The van der Waals surface area contributed by atoms with Crippen LogP contribution in [-0.2, 0) is 4.74 Å². The van der Waals surface area contributed by atoms with Gasteiger partial charge in [0.2, 0.25) is 0 Å². The molecular weight excluding hydrogens is 250 g/mol. The molecule has 1 heterocycles. The van der Waals surface area contributed by atoms with Gasteiger partial charge in [-0.2, -0.15) is 0 Å². The largest absolute Gasteiger partial charge is 0.489 e. The number of halogens is 1. The lowest BCUT2D eigenvalue weighted by Crippen LogP contribution is -2.06. The van der Waals surface area contributed by atoms with E-state index in [0.717, 1.165) is 4.47 Å². The molecule has 5 heteroatoms. The Balaban J connectivity index is 2.72. The standard InChI is InChI=1S/C9H10BrNO3/c1-13-2-3-14-9-4-7(10)5-11-8(9)6-12/h4-6H,2-3H2,1H3. The summed E-state index contributed by atoms with van der Waals surface area (Å²) < 4.78 is 10.9. The molecule has 0 spiro atoms. The Bertz CT molecular complexity index is 317. The number of rotatable bonds is 5. The number of aromatic nitrogens is 1. The summed E-state index contributed by atoms with van der Waals surface area (Å²) in [5, 5.41) is 0. The molecule has 0 aliphatic rings. The van der Waals surface area contributed by atoms with E-state index in [0.29, 0.717) is 30.9 Å². The van der Waals surface area contributed by atoms with Crippen molar-refractivity contribution >= 4 is 22.2 Å². The van der Waals surface area contributed by atoms with E-state index in [9.17, 15) is 4.79 Å². The Morgan fingerprint density at radius 1 is 1.57 bits per heavy atom. The van der Waals surface area contributed by atoms with Gasteiger partial charge in [-0.3, -0.25) is 4.79 Å². The summed E-state index contributed by atoms with van der Waals surface area (Å²) in [6.45, 7) is 0.875. The second-order valence-electron chi connectivity index (χ2n) is 2.50. The van der Waals surface area contributed by atoms with Crippen molar-refractivity contribution in [3.63, 3.8) is 0 Å². The summed E-state index contributed by atoms with van der Waals surface area (Å²) in [5.74, 6) is 0.464. The second kappa shape index (κ2) is 5.72. The summed E-state index contributed by atoms with van der Waals surface area (Å²) in [6, 6.07) is 1.70. The van der Waals surface area contributed by atoms with Crippen molar-refractivity contribution in [2.24, 2.45) is 0 Å². The van der Waals surface area contributed by atoms with Gasteiger partial charge in [0.1, 0.15) is 18.1 Å². The normalized spacial score (nSPS) is 9.86. The van der Waals surface area contributed by atoms with E-state index < -0.39 is 0 Å². The first-order valence-electron chi connectivity index (χ1n) is 4.00. The number of pyridine rings is 1. The van der Waals surface area contributed by atoms with Gasteiger partial charge in [0, 0.05) is 17.8 Å². The first-order chi connectivity index (χ1) is 6.77. The third kappa shape index (κ3) is 3.08. The van der Waals surface area contributed by atoms with E-state index >= 15 is 0 Å². The van der Waals surface area contributed by atoms with Gasteiger partial charge in [0.15, 0.2) is 6.29 Å². The first-order valence-corrected chi connectivity index (χ1v) is 4.79. The number of methoxy groups -OCH3 is 1. The molecule has 0 atom stereocenters. The molecule has 1 aromatic rings. The highest BCUT2D eigenvalue weighted by atomic mass is 79.9. The van der Waals surface area contributed by atoms with Gasteiger partial charge >= 0.3 is 0 Å². The van der Waals surface area contributed by atoms with Crippen molar-refractivity contribution in [2.45, 2.75) is 0 Å². The Labute approximate surface area is 90.4 Å². The highest BCUT2D eigenvalue weighted by Crippen LogP contribution is 2.19. The van der Waals surface area contributed by atoms with Gasteiger partial charge < -0.3 is 9.47 Å². The van der Waals surface area contributed by atoms with E-state index in [4.69, 9.17) is 9.47 Å². The van der Waals surface area contributed by atoms with Crippen LogP contribution in [0.3, 0.4) is 0 Å². The lowest BCUT2D eigenvalue weighted by Gasteiger charge is -2.06. The Kier molecular flexibility index (Phi) is 4.55. The Hall–Kier alpha value is -0.940. The lowest BCUT2D eigenvalue weighted by molar-refractivity contribution is 0.110. The molecule has 0 aliphatic carbocycles. The van der Waals surface area contributed by atoms with Gasteiger partial charge in [-0.25, -0.2) is 4.98 Å². The number of hydrogen-bond donors (Lipinski definition) is 0.